The molecular formula is C13H21N5O. The molecule has 104 valence electrons. The van der Waals surface area contributed by atoms with Crippen molar-refractivity contribution in [1.82, 2.24) is 15.1 Å². The van der Waals surface area contributed by atoms with Gasteiger partial charge in [-0.1, -0.05) is 0 Å². The summed E-state index contributed by atoms with van der Waals surface area (Å²) in [5.41, 5.74) is 6.79. The van der Waals surface area contributed by atoms with Gasteiger partial charge in [0.25, 0.3) is 5.91 Å². The number of primary amides is 1. The number of anilines is 1. The second-order valence-corrected chi connectivity index (χ2v) is 5.64. The van der Waals surface area contributed by atoms with Gasteiger partial charge in [0.1, 0.15) is 11.4 Å². The highest BCUT2D eigenvalue weighted by molar-refractivity contribution is 5.99. The molecule has 3 heterocycles. The number of nitrogens with one attached hydrogen (secondary N) is 1. The normalized spacial score (nSPS) is 26.5. The van der Waals surface area contributed by atoms with Crippen molar-refractivity contribution in [2.24, 2.45) is 18.7 Å². The molecule has 0 spiro atoms. The van der Waals surface area contributed by atoms with E-state index in [-0.39, 0.29) is 5.91 Å². The van der Waals surface area contributed by atoms with Crippen molar-refractivity contribution in [2.45, 2.75) is 25.8 Å². The average molecular weight is 263 g/mol. The number of amides is 1. The third kappa shape index (κ3) is 2.00. The molecule has 2 aliphatic rings. The van der Waals surface area contributed by atoms with Crippen LogP contribution >= 0.6 is 0 Å². The van der Waals surface area contributed by atoms with Crippen LogP contribution in [0, 0.1) is 12.8 Å². The lowest BCUT2D eigenvalue weighted by Crippen LogP contribution is -2.40. The summed E-state index contributed by atoms with van der Waals surface area (Å²) in [4.78, 5) is 13.9. The number of nitrogens with zero attached hydrogens (tertiary/aromatic N) is 3. The maximum atomic E-state index is 11.7. The molecule has 0 aromatic carbocycles. The van der Waals surface area contributed by atoms with E-state index in [4.69, 9.17) is 5.73 Å². The largest absolute Gasteiger partial charge is 0.365 e. The first-order valence-corrected chi connectivity index (χ1v) is 6.89. The molecule has 1 aromatic heterocycles. The van der Waals surface area contributed by atoms with Crippen molar-refractivity contribution in [3.8, 4) is 0 Å². The predicted molar refractivity (Wildman–Crippen MR) is 73.2 cm³/mol. The molecule has 2 saturated heterocycles. The zero-order valence-corrected chi connectivity index (χ0v) is 11.5. The molecule has 0 radical (unpaired) electrons. The Labute approximate surface area is 112 Å². The van der Waals surface area contributed by atoms with Crippen LogP contribution in [-0.4, -0.2) is 41.4 Å². The van der Waals surface area contributed by atoms with E-state index in [2.05, 4.69) is 15.3 Å². The first-order valence-electron chi connectivity index (χ1n) is 6.89. The van der Waals surface area contributed by atoms with Crippen LogP contribution in [0.15, 0.2) is 0 Å². The van der Waals surface area contributed by atoms with Crippen LogP contribution in [0.25, 0.3) is 0 Å². The van der Waals surface area contributed by atoms with Crippen molar-refractivity contribution < 1.29 is 4.79 Å². The van der Waals surface area contributed by atoms with Gasteiger partial charge in [-0.3, -0.25) is 9.48 Å². The van der Waals surface area contributed by atoms with Gasteiger partial charge < -0.3 is 16.0 Å². The van der Waals surface area contributed by atoms with Crippen LogP contribution in [0.2, 0.25) is 0 Å². The van der Waals surface area contributed by atoms with E-state index in [9.17, 15) is 4.79 Å². The summed E-state index contributed by atoms with van der Waals surface area (Å²) < 4.78 is 1.78. The van der Waals surface area contributed by atoms with Crippen LogP contribution in [0.3, 0.4) is 0 Å². The van der Waals surface area contributed by atoms with E-state index in [1.807, 2.05) is 14.0 Å². The fraction of sp³-hybridized carbons (Fsp3) is 0.692. The number of hydrogen-bond donors (Lipinski definition) is 2. The third-order valence-electron chi connectivity index (χ3n) is 4.34. The number of hydrogen-bond acceptors (Lipinski definition) is 4. The Balaban J connectivity index is 1.93. The quantitative estimate of drug-likeness (QED) is 0.788. The Hall–Kier alpha value is -1.56. The summed E-state index contributed by atoms with van der Waals surface area (Å²) in [6.07, 6.45) is 2.50. The highest BCUT2D eigenvalue weighted by Crippen LogP contribution is 2.31. The van der Waals surface area contributed by atoms with Crippen molar-refractivity contribution >= 4 is 11.7 Å². The van der Waals surface area contributed by atoms with Gasteiger partial charge in [0, 0.05) is 26.2 Å². The summed E-state index contributed by atoms with van der Waals surface area (Å²) in [6, 6.07) is 0.532. The topological polar surface area (TPSA) is 76.2 Å². The number of aryl methyl sites for hydroxylation is 2. The van der Waals surface area contributed by atoms with Gasteiger partial charge in [-0.05, 0) is 32.2 Å². The smallest absolute Gasteiger partial charge is 0.254 e. The van der Waals surface area contributed by atoms with Gasteiger partial charge in [0.05, 0.1) is 5.69 Å². The highest BCUT2D eigenvalue weighted by atomic mass is 16.1. The average Bonchev–Trinajstić information content (AvgIpc) is 2.88. The van der Waals surface area contributed by atoms with Crippen LogP contribution in [0.4, 0.5) is 5.82 Å². The Kier molecular flexibility index (Phi) is 2.97. The van der Waals surface area contributed by atoms with Crippen LogP contribution in [0.1, 0.15) is 28.9 Å². The minimum Gasteiger partial charge on any atom is -0.365 e. The zero-order valence-electron chi connectivity index (χ0n) is 11.5. The molecule has 6 nitrogen and oxygen atoms in total. The first kappa shape index (κ1) is 12.5. The lowest BCUT2D eigenvalue weighted by atomic mass is 9.94. The van der Waals surface area contributed by atoms with Crippen molar-refractivity contribution in [2.75, 3.05) is 24.5 Å². The molecule has 1 amide bonds. The molecule has 2 atom stereocenters. The Bertz CT molecular complexity index is 495. The Morgan fingerprint density at radius 3 is 2.95 bits per heavy atom. The number of piperidine rings is 1. The maximum Gasteiger partial charge on any atom is 0.254 e. The SMILES string of the molecule is Cc1nn(C)c(N2CC3CCCNC3C2)c1C(N)=O. The molecular weight excluding hydrogens is 242 g/mol. The molecule has 6 heteroatoms. The lowest BCUT2D eigenvalue weighted by Gasteiger charge is -2.24. The van der Waals surface area contributed by atoms with E-state index in [0.29, 0.717) is 23.2 Å². The standard InChI is InChI=1S/C13H21N5O/c1-8-11(12(14)19)13(17(2)16-8)18-6-9-4-3-5-15-10(9)7-18/h9-10,15H,3-7H2,1-2H3,(H2,14,19). The minimum atomic E-state index is -0.386. The maximum absolute atomic E-state index is 11.7. The molecule has 2 aliphatic heterocycles. The van der Waals surface area contributed by atoms with E-state index in [1.165, 1.54) is 12.8 Å². The van der Waals surface area contributed by atoms with Gasteiger partial charge in [-0.15, -0.1) is 0 Å². The number of nitrogens with two attached hydrogens (primary N) is 1. The van der Waals surface area contributed by atoms with Gasteiger partial charge in [-0.2, -0.15) is 5.10 Å². The fourth-order valence-corrected chi connectivity index (χ4v) is 3.52. The first-order chi connectivity index (χ1) is 9.08. The summed E-state index contributed by atoms with van der Waals surface area (Å²) in [5.74, 6) is 1.16. The van der Waals surface area contributed by atoms with Crippen molar-refractivity contribution in [3.05, 3.63) is 11.3 Å². The monoisotopic (exact) mass is 263 g/mol. The molecule has 19 heavy (non-hydrogen) atoms. The fourth-order valence-electron chi connectivity index (χ4n) is 3.52. The molecule has 0 aliphatic carbocycles. The summed E-state index contributed by atoms with van der Waals surface area (Å²) in [6.45, 7) is 4.86. The summed E-state index contributed by atoms with van der Waals surface area (Å²) in [7, 11) is 1.88. The van der Waals surface area contributed by atoms with E-state index < -0.39 is 0 Å². The van der Waals surface area contributed by atoms with Gasteiger partial charge in [0.15, 0.2) is 0 Å². The van der Waals surface area contributed by atoms with Gasteiger partial charge in [0.2, 0.25) is 0 Å². The van der Waals surface area contributed by atoms with Crippen molar-refractivity contribution in [3.63, 3.8) is 0 Å². The molecule has 3 N–H and O–H groups in total. The van der Waals surface area contributed by atoms with E-state index >= 15 is 0 Å². The molecule has 1 aromatic rings. The van der Waals surface area contributed by atoms with Gasteiger partial charge in [-0.25, -0.2) is 0 Å². The zero-order chi connectivity index (χ0) is 13.6. The second-order valence-electron chi connectivity index (χ2n) is 5.64. The predicted octanol–water partition coefficient (Wildman–Crippen LogP) is 0.0156. The van der Waals surface area contributed by atoms with Crippen LogP contribution < -0.4 is 16.0 Å². The number of aromatic nitrogens is 2. The summed E-state index contributed by atoms with van der Waals surface area (Å²) in [5, 5.41) is 7.92. The minimum absolute atomic E-state index is 0.386. The molecule has 0 bridgehead atoms. The Morgan fingerprint density at radius 2 is 2.26 bits per heavy atom. The third-order valence-corrected chi connectivity index (χ3v) is 4.34. The molecule has 2 unspecified atom stereocenters. The number of rotatable bonds is 2. The van der Waals surface area contributed by atoms with Crippen LogP contribution in [0.5, 0.6) is 0 Å². The van der Waals surface area contributed by atoms with E-state index in [1.54, 1.807) is 4.68 Å². The van der Waals surface area contributed by atoms with Crippen LogP contribution in [-0.2, 0) is 7.05 Å². The highest BCUT2D eigenvalue weighted by Gasteiger charge is 2.37. The second kappa shape index (κ2) is 4.52. The molecule has 2 fully saturated rings. The number of carbonyl (C=O) groups is 1. The van der Waals surface area contributed by atoms with E-state index in [0.717, 1.165) is 25.5 Å². The Morgan fingerprint density at radius 1 is 1.47 bits per heavy atom. The summed E-state index contributed by atoms with van der Waals surface area (Å²) >= 11 is 0. The molecule has 0 saturated carbocycles. The molecule has 3 rings (SSSR count). The van der Waals surface area contributed by atoms with Crippen molar-refractivity contribution in [1.29, 1.82) is 0 Å². The number of carbonyl (C=O) groups excluding carboxylic acids is 1. The van der Waals surface area contributed by atoms with Gasteiger partial charge >= 0.3 is 0 Å². The number of fused-ring (bicyclic) bond motifs is 1. The lowest BCUT2D eigenvalue weighted by molar-refractivity contribution is 0.1000.